The van der Waals surface area contributed by atoms with E-state index in [1.807, 2.05) is 24.1 Å². The van der Waals surface area contributed by atoms with E-state index in [1.54, 1.807) is 18.1 Å². The summed E-state index contributed by atoms with van der Waals surface area (Å²) in [5, 5.41) is 0.649. The van der Waals surface area contributed by atoms with Crippen molar-refractivity contribution in [2.45, 2.75) is 6.42 Å². The number of rotatable bonds is 2. The second-order valence-electron chi connectivity index (χ2n) is 4.41. The lowest BCUT2D eigenvalue weighted by Crippen LogP contribution is -2.34. The van der Waals surface area contributed by atoms with Crippen LogP contribution in [0.4, 0.5) is 5.69 Å². The number of hydrogen-bond donors (Lipinski definition) is 0. The smallest absolute Gasteiger partial charge is 0.241 e. The van der Waals surface area contributed by atoms with Gasteiger partial charge in [-0.05, 0) is 24.6 Å². The number of nitrogens with zero attached hydrogens (tertiary/aromatic N) is 2. The largest absolute Gasteiger partial charge is 0.495 e. The van der Waals surface area contributed by atoms with Crippen molar-refractivity contribution in [3.63, 3.8) is 0 Å². The molecule has 5 heteroatoms. The number of methoxy groups -OCH3 is 1. The van der Waals surface area contributed by atoms with Gasteiger partial charge in [-0.2, -0.15) is 0 Å². The maximum atomic E-state index is 11.9. The van der Waals surface area contributed by atoms with E-state index in [1.165, 1.54) is 0 Å². The standard InChI is InChI=1S/C13H17ClN2O2/c1-15-6-3-7-16(9-13(15)17)11-8-10(14)4-5-12(11)18-2/h4-5,8H,3,6-7,9H2,1-2H3. The minimum atomic E-state index is 0.120. The molecule has 0 spiro atoms. The summed E-state index contributed by atoms with van der Waals surface area (Å²) >= 11 is 6.02. The van der Waals surface area contributed by atoms with Crippen LogP contribution in [0, 0.1) is 0 Å². The molecule has 0 unspecified atom stereocenters. The van der Waals surface area contributed by atoms with Crippen molar-refractivity contribution in [2.24, 2.45) is 0 Å². The van der Waals surface area contributed by atoms with Gasteiger partial charge < -0.3 is 14.5 Å². The number of likely N-dealkylation sites (N-methyl/N-ethyl adjacent to an activating group) is 1. The number of hydrogen-bond acceptors (Lipinski definition) is 3. The fourth-order valence-electron chi connectivity index (χ4n) is 2.10. The minimum Gasteiger partial charge on any atom is -0.495 e. The average Bonchev–Trinajstić information content (AvgIpc) is 2.52. The first-order valence-corrected chi connectivity index (χ1v) is 6.32. The highest BCUT2D eigenvalue weighted by Gasteiger charge is 2.21. The van der Waals surface area contributed by atoms with E-state index < -0.39 is 0 Å². The quantitative estimate of drug-likeness (QED) is 0.823. The summed E-state index contributed by atoms with van der Waals surface area (Å²) in [5.41, 5.74) is 0.883. The molecular formula is C13H17ClN2O2. The number of carbonyl (C=O) groups is 1. The summed E-state index contributed by atoms with van der Waals surface area (Å²) in [6.45, 7) is 1.98. The molecule has 1 aromatic carbocycles. The molecule has 0 radical (unpaired) electrons. The molecule has 0 bridgehead atoms. The molecule has 1 aromatic rings. The predicted molar refractivity (Wildman–Crippen MR) is 72.5 cm³/mol. The highest BCUT2D eigenvalue weighted by Crippen LogP contribution is 2.31. The lowest BCUT2D eigenvalue weighted by Gasteiger charge is -2.24. The van der Waals surface area contributed by atoms with Crippen molar-refractivity contribution in [1.29, 1.82) is 0 Å². The maximum absolute atomic E-state index is 11.9. The van der Waals surface area contributed by atoms with Crippen molar-refractivity contribution in [1.82, 2.24) is 4.90 Å². The van der Waals surface area contributed by atoms with Gasteiger partial charge in [0.15, 0.2) is 0 Å². The minimum absolute atomic E-state index is 0.120. The zero-order valence-electron chi connectivity index (χ0n) is 10.6. The fraction of sp³-hybridized carbons (Fsp3) is 0.462. The van der Waals surface area contributed by atoms with E-state index in [4.69, 9.17) is 16.3 Å². The average molecular weight is 269 g/mol. The van der Waals surface area contributed by atoms with Gasteiger partial charge in [-0.3, -0.25) is 4.79 Å². The van der Waals surface area contributed by atoms with Gasteiger partial charge in [0.2, 0.25) is 5.91 Å². The molecule has 2 rings (SSSR count). The number of benzene rings is 1. The number of carbonyl (C=O) groups excluding carboxylic acids is 1. The fourth-order valence-corrected chi connectivity index (χ4v) is 2.27. The molecule has 18 heavy (non-hydrogen) atoms. The Morgan fingerprint density at radius 3 is 2.83 bits per heavy atom. The SMILES string of the molecule is COc1ccc(Cl)cc1N1CCCN(C)C(=O)C1. The van der Waals surface area contributed by atoms with Crippen LogP contribution in [0.3, 0.4) is 0 Å². The summed E-state index contributed by atoms with van der Waals surface area (Å²) in [7, 11) is 3.46. The van der Waals surface area contributed by atoms with E-state index in [-0.39, 0.29) is 5.91 Å². The highest BCUT2D eigenvalue weighted by atomic mass is 35.5. The molecule has 0 aromatic heterocycles. The van der Waals surface area contributed by atoms with Gasteiger partial charge in [-0.15, -0.1) is 0 Å². The van der Waals surface area contributed by atoms with Crippen molar-refractivity contribution in [3.05, 3.63) is 23.2 Å². The topological polar surface area (TPSA) is 32.8 Å². The lowest BCUT2D eigenvalue weighted by molar-refractivity contribution is -0.127. The molecule has 0 N–H and O–H groups in total. The molecule has 0 aliphatic carbocycles. The van der Waals surface area contributed by atoms with Gasteiger partial charge in [0, 0.05) is 25.2 Å². The van der Waals surface area contributed by atoms with Gasteiger partial charge in [0.1, 0.15) is 5.75 Å². The number of anilines is 1. The third kappa shape index (κ3) is 2.70. The first-order chi connectivity index (χ1) is 8.61. The third-order valence-corrected chi connectivity index (χ3v) is 3.39. The zero-order chi connectivity index (χ0) is 13.1. The van der Waals surface area contributed by atoms with E-state index in [0.29, 0.717) is 11.6 Å². The molecule has 0 atom stereocenters. The maximum Gasteiger partial charge on any atom is 0.241 e. The Labute approximate surface area is 112 Å². The summed E-state index contributed by atoms with van der Waals surface area (Å²) in [4.78, 5) is 15.7. The van der Waals surface area contributed by atoms with E-state index in [2.05, 4.69) is 0 Å². The van der Waals surface area contributed by atoms with E-state index >= 15 is 0 Å². The van der Waals surface area contributed by atoms with Gasteiger partial charge >= 0.3 is 0 Å². The monoisotopic (exact) mass is 268 g/mol. The number of amides is 1. The Kier molecular flexibility index (Phi) is 3.97. The van der Waals surface area contributed by atoms with Crippen LogP contribution in [0.25, 0.3) is 0 Å². The molecule has 4 nitrogen and oxygen atoms in total. The Bertz CT molecular complexity index is 451. The normalized spacial score (nSPS) is 16.7. The van der Waals surface area contributed by atoms with Crippen molar-refractivity contribution in [3.8, 4) is 5.75 Å². The third-order valence-electron chi connectivity index (χ3n) is 3.16. The summed E-state index contributed by atoms with van der Waals surface area (Å²) in [6.07, 6.45) is 0.942. The van der Waals surface area contributed by atoms with Crippen LogP contribution in [-0.2, 0) is 4.79 Å². The van der Waals surface area contributed by atoms with Crippen LogP contribution in [0.2, 0.25) is 5.02 Å². The lowest BCUT2D eigenvalue weighted by atomic mass is 10.2. The summed E-state index contributed by atoms with van der Waals surface area (Å²) < 4.78 is 5.33. The molecular weight excluding hydrogens is 252 g/mol. The van der Waals surface area contributed by atoms with Gasteiger partial charge in [0.25, 0.3) is 0 Å². The molecule has 1 heterocycles. The molecule has 1 saturated heterocycles. The molecule has 1 amide bonds. The molecule has 0 saturated carbocycles. The first-order valence-electron chi connectivity index (χ1n) is 5.94. The Balaban J connectivity index is 2.29. The molecule has 1 fully saturated rings. The highest BCUT2D eigenvalue weighted by molar-refractivity contribution is 6.31. The van der Waals surface area contributed by atoms with Crippen molar-refractivity contribution in [2.75, 3.05) is 38.7 Å². The van der Waals surface area contributed by atoms with Crippen LogP contribution >= 0.6 is 11.6 Å². The van der Waals surface area contributed by atoms with Crippen LogP contribution in [0.1, 0.15) is 6.42 Å². The number of halogens is 1. The van der Waals surface area contributed by atoms with Gasteiger partial charge in [0.05, 0.1) is 19.3 Å². The zero-order valence-corrected chi connectivity index (χ0v) is 11.4. The van der Waals surface area contributed by atoms with Gasteiger partial charge in [-0.1, -0.05) is 11.6 Å². The van der Waals surface area contributed by atoms with E-state index in [9.17, 15) is 4.79 Å². The second kappa shape index (κ2) is 5.48. The predicted octanol–water partition coefficient (Wildman–Crippen LogP) is 2.02. The molecule has 1 aliphatic heterocycles. The Morgan fingerprint density at radius 2 is 2.11 bits per heavy atom. The van der Waals surface area contributed by atoms with Crippen LogP contribution in [0.15, 0.2) is 18.2 Å². The Hall–Kier alpha value is -1.42. The van der Waals surface area contributed by atoms with Crippen molar-refractivity contribution >= 4 is 23.2 Å². The van der Waals surface area contributed by atoms with Crippen molar-refractivity contribution < 1.29 is 9.53 Å². The number of ether oxygens (including phenoxy) is 1. The summed E-state index contributed by atoms with van der Waals surface area (Å²) in [6, 6.07) is 5.46. The van der Waals surface area contributed by atoms with Crippen LogP contribution in [0.5, 0.6) is 5.75 Å². The van der Waals surface area contributed by atoms with Gasteiger partial charge in [-0.25, -0.2) is 0 Å². The summed E-state index contributed by atoms with van der Waals surface area (Å²) in [5.74, 6) is 0.867. The molecule has 1 aliphatic rings. The van der Waals surface area contributed by atoms with Crippen LogP contribution in [-0.4, -0.2) is 44.6 Å². The van der Waals surface area contributed by atoms with Crippen LogP contribution < -0.4 is 9.64 Å². The van der Waals surface area contributed by atoms with E-state index in [0.717, 1.165) is 30.9 Å². The molecule has 98 valence electrons. The second-order valence-corrected chi connectivity index (χ2v) is 4.84. The Morgan fingerprint density at radius 1 is 1.33 bits per heavy atom. The first kappa shape index (κ1) is 13.0.